The summed E-state index contributed by atoms with van der Waals surface area (Å²) < 4.78 is 10.7. The van der Waals surface area contributed by atoms with E-state index in [-0.39, 0.29) is 11.4 Å². The molecule has 0 amide bonds. The molecule has 0 aliphatic heterocycles. The fourth-order valence-corrected chi connectivity index (χ4v) is 3.17. The van der Waals surface area contributed by atoms with Crippen LogP contribution in [-0.4, -0.2) is 13.1 Å². The molecule has 0 spiro atoms. The monoisotopic (exact) mass is 306 g/mol. The van der Waals surface area contributed by atoms with Crippen molar-refractivity contribution < 1.29 is 13.9 Å². The van der Waals surface area contributed by atoms with Gasteiger partial charge in [-0.25, -0.2) is 4.79 Å². The van der Waals surface area contributed by atoms with E-state index >= 15 is 0 Å². The van der Waals surface area contributed by atoms with Gasteiger partial charge in [-0.15, -0.1) is 0 Å². The molecule has 3 aromatic rings. The van der Waals surface area contributed by atoms with E-state index in [1.54, 1.807) is 18.2 Å². The summed E-state index contributed by atoms with van der Waals surface area (Å²) in [5.41, 5.74) is 3.53. The Labute approximate surface area is 132 Å². The predicted octanol–water partition coefficient (Wildman–Crippen LogP) is 3.35. The highest BCUT2D eigenvalue weighted by Gasteiger charge is 2.23. The minimum absolute atomic E-state index is 0.0198. The second kappa shape index (κ2) is 5.09. The van der Waals surface area contributed by atoms with Crippen LogP contribution in [0.2, 0.25) is 0 Å². The highest BCUT2D eigenvalue weighted by Crippen LogP contribution is 2.33. The average Bonchev–Trinajstić information content (AvgIpc) is 2.60. The summed E-state index contributed by atoms with van der Waals surface area (Å²) in [6.07, 6.45) is 1.38. The van der Waals surface area contributed by atoms with Gasteiger partial charge in [-0.2, -0.15) is 0 Å². The van der Waals surface area contributed by atoms with Gasteiger partial charge < -0.3 is 9.15 Å². The minimum atomic E-state index is -0.371. The third kappa shape index (κ3) is 2.06. The highest BCUT2D eigenvalue weighted by molar-refractivity contribution is 5.91. The van der Waals surface area contributed by atoms with E-state index in [0.717, 1.165) is 17.5 Å². The molecule has 1 aromatic heterocycles. The standard InChI is InChI=1S/C19H14O4/c1-22-19(21)12-6-8-13-11(10-12)7-9-16-17(13)18(20)14-4-2-3-5-15(14)23-16/h2-6,8,10H,7,9H2,1H3. The number of esters is 1. The molecule has 1 heterocycles. The summed E-state index contributed by atoms with van der Waals surface area (Å²) >= 11 is 0. The first-order valence-corrected chi connectivity index (χ1v) is 7.45. The summed E-state index contributed by atoms with van der Waals surface area (Å²) in [5.74, 6) is 0.344. The SMILES string of the molecule is COC(=O)c1ccc2c(c1)CCc1oc3ccccc3c(=O)c1-2. The van der Waals surface area contributed by atoms with Gasteiger partial charge in [-0.1, -0.05) is 18.2 Å². The minimum Gasteiger partial charge on any atom is -0.465 e. The van der Waals surface area contributed by atoms with Crippen LogP contribution in [0.4, 0.5) is 0 Å². The topological polar surface area (TPSA) is 56.5 Å². The van der Waals surface area contributed by atoms with Crippen LogP contribution in [0.3, 0.4) is 0 Å². The molecular weight excluding hydrogens is 292 g/mol. The number of benzene rings is 2. The van der Waals surface area contributed by atoms with Crippen LogP contribution < -0.4 is 5.43 Å². The van der Waals surface area contributed by atoms with Gasteiger partial charge in [0.15, 0.2) is 0 Å². The van der Waals surface area contributed by atoms with Gasteiger partial charge in [0.1, 0.15) is 11.3 Å². The predicted molar refractivity (Wildman–Crippen MR) is 86.7 cm³/mol. The van der Waals surface area contributed by atoms with Crippen molar-refractivity contribution in [2.24, 2.45) is 0 Å². The quantitative estimate of drug-likeness (QED) is 0.647. The van der Waals surface area contributed by atoms with Crippen LogP contribution in [0.5, 0.6) is 0 Å². The van der Waals surface area contributed by atoms with Crippen molar-refractivity contribution in [1.29, 1.82) is 0 Å². The second-order valence-corrected chi connectivity index (χ2v) is 5.59. The highest BCUT2D eigenvalue weighted by atomic mass is 16.5. The Hall–Kier alpha value is -2.88. The van der Waals surface area contributed by atoms with Gasteiger partial charge in [0.25, 0.3) is 0 Å². The number of carbonyl (C=O) groups excluding carboxylic acids is 1. The van der Waals surface area contributed by atoms with Gasteiger partial charge in [0.05, 0.1) is 23.6 Å². The maximum Gasteiger partial charge on any atom is 0.337 e. The van der Waals surface area contributed by atoms with Crippen molar-refractivity contribution in [3.8, 4) is 11.1 Å². The van der Waals surface area contributed by atoms with E-state index < -0.39 is 0 Å². The number of hydrogen-bond donors (Lipinski definition) is 0. The van der Waals surface area contributed by atoms with Crippen molar-refractivity contribution in [2.75, 3.05) is 7.11 Å². The number of para-hydroxylation sites is 1. The maximum atomic E-state index is 12.9. The fourth-order valence-electron chi connectivity index (χ4n) is 3.17. The molecule has 4 rings (SSSR count). The Morgan fingerprint density at radius 1 is 1.13 bits per heavy atom. The van der Waals surface area contributed by atoms with Crippen LogP contribution in [-0.2, 0) is 17.6 Å². The molecule has 0 unspecified atom stereocenters. The van der Waals surface area contributed by atoms with E-state index in [1.165, 1.54) is 7.11 Å². The maximum absolute atomic E-state index is 12.9. The number of methoxy groups -OCH3 is 1. The Morgan fingerprint density at radius 2 is 1.96 bits per heavy atom. The third-order valence-corrected chi connectivity index (χ3v) is 4.29. The molecule has 2 aromatic carbocycles. The Balaban J connectivity index is 1.98. The van der Waals surface area contributed by atoms with Gasteiger partial charge in [-0.3, -0.25) is 4.79 Å². The number of carbonyl (C=O) groups is 1. The lowest BCUT2D eigenvalue weighted by Crippen LogP contribution is -2.15. The molecule has 4 nitrogen and oxygen atoms in total. The zero-order valence-electron chi connectivity index (χ0n) is 12.6. The van der Waals surface area contributed by atoms with E-state index in [4.69, 9.17) is 9.15 Å². The molecule has 0 bridgehead atoms. The molecule has 0 radical (unpaired) electrons. The molecule has 0 fully saturated rings. The molecule has 0 N–H and O–H groups in total. The van der Waals surface area contributed by atoms with Crippen molar-refractivity contribution in [2.45, 2.75) is 12.8 Å². The first kappa shape index (κ1) is 13.8. The van der Waals surface area contributed by atoms with Crippen molar-refractivity contribution in [3.63, 3.8) is 0 Å². The first-order chi connectivity index (χ1) is 11.2. The van der Waals surface area contributed by atoms with Gasteiger partial charge in [0.2, 0.25) is 5.43 Å². The van der Waals surface area contributed by atoms with Crippen LogP contribution >= 0.6 is 0 Å². The largest absolute Gasteiger partial charge is 0.465 e. The summed E-state index contributed by atoms with van der Waals surface area (Å²) in [7, 11) is 1.36. The lowest BCUT2D eigenvalue weighted by atomic mass is 9.87. The number of fused-ring (bicyclic) bond motifs is 4. The first-order valence-electron chi connectivity index (χ1n) is 7.45. The number of ether oxygens (including phenoxy) is 1. The number of hydrogen-bond acceptors (Lipinski definition) is 4. The number of rotatable bonds is 1. The zero-order valence-corrected chi connectivity index (χ0v) is 12.6. The van der Waals surface area contributed by atoms with Gasteiger partial charge in [-0.05, 0) is 41.8 Å². The van der Waals surface area contributed by atoms with Crippen LogP contribution in [0.25, 0.3) is 22.1 Å². The van der Waals surface area contributed by atoms with Crippen LogP contribution in [0.1, 0.15) is 21.7 Å². The lowest BCUT2D eigenvalue weighted by Gasteiger charge is -2.19. The fraction of sp³-hybridized carbons (Fsp3) is 0.158. The lowest BCUT2D eigenvalue weighted by molar-refractivity contribution is 0.0600. The van der Waals surface area contributed by atoms with E-state index in [9.17, 15) is 9.59 Å². The van der Waals surface area contributed by atoms with E-state index in [2.05, 4.69) is 0 Å². The molecule has 4 heteroatoms. The Morgan fingerprint density at radius 3 is 2.78 bits per heavy atom. The van der Waals surface area contributed by atoms with Crippen LogP contribution in [0, 0.1) is 0 Å². The summed E-state index contributed by atoms with van der Waals surface area (Å²) in [4.78, 5) is 24.5. The van der Waals surface area contributed by atoms with Crippen molar-refractivity contribution >= 4 is 16.9 Å². The van der Waals surface area contributed by atoms with Crippen molar-refractivity contribution in [3.05, 3.63) is 69.6 Å². The second-order valence-electron chi connectivity index (χ2n) is 5.59. The average molecular weight is 306 g/mol. The van der Waals surface area contributed by atoms with Crippen molar-refractivity contribution in [1.82, 2.24) is 0 Å². The molecule has 1 aliphatic rings. The summed E-state index contributed by atoms with van der Waals surface area (Å²) in [5, 5.41) is 0.580. The molecule has 0 saturated carbocycles. The molecular formula is C19H14O4. The molecule has 0 saturated heterocycles. The third-order valence-electron chi connectivity index (χ3n) is 4.29. The normalized spacial score (nSPS) is 12.6. The molecule has 1 aliphatic carbocycles. The Bertz CT molecular complexity index is 998. The van der Waals surface area contributed by atoms with E-state index in [0.29, 0.717) is 34.3 Å². The van der Waals surface area contributed by atoms with E-state index in [1.807, 2.05) is 24.3 Å². The van der Waals surface area contributed by atoms with Crippen LogP contribution in [0.15, 0.2) is 51.7 Å². The van der Waals surface area contributed by atoms with Gasteiger partial charge in [0, 0.05) is 6.42 Å². The zero-order chi connectivity index (χ0) is 16.0. The van der Waals surface area contributed by atoms with Gasteiger partial charge >= 0.3 is 5.97 Å². The summed E-state index contributed by atoms with van der Waals surface area (Å²) in [6, 6.07) is 12.6. The smallest absolute Gasteiger partial charge is 0.337 e. The Kier molecular flexibility index (Phi) is 3.05. The summed E-state index contributed by atoms with van der Waals surface area (Å²) in [6.45, 7) is 0. The molecule has 114 valence electrons. The molecule has 23 heavy (non-hydrogen) atoms. The number of aryl methyl sites for hydroxylation is 2. The molecule has 0 atom stereocenters.